The largest absolute Gasteiger partial charge is 0.493 e. The van der Waals surface area contributed by atoms with E-state index in [-0.39, 0.29) is 30.9 Å². The van der Waals surface area contributed by atoms with Crippen LogP contribution in [0.3, 0.4) is 0 Å². The van der Waals surface area contributed by atoms with Crippen molar-refractivity contribution < 1.29 is 28.6 Å². The first kappa shape index (κ1) is 20.5. The Balaban J connectivity index is 2.01. The summed E-state index contributed by atoms with van der Waals surface area (Å²) in [5.41, 5.74) is 0. The number of piperazine rings is 1. The van der Waals surface area contributed by atoms with Crippen molar-refractivity contribution in [1.82, 2.24) is 10.2 Å². The van der Waals surface area contributed by atoms with Crippen molar-refractivity contribution >= 4 is 17.8 Å². The SMILES string of the molecule is CCC(C)OC(=O)CC1C(=O)NCCN1C(=O)COc1ccccc1OC. The van der Waals surface area contributed by atoms with Crippen LogP contribution >= 0.6 is 0 Å². The zero-order valence-electron chi connectivity index (χ0n) is 15.9. The number of methoxy groups -OCH3 is 1. The van der Waals surface area contributed by atoms with Gasteiger partial charge in [0.2, 0.25) is 5.91 Å². The maximum atomic E-state index is 12.6. The minimum absolute atomic E-state index is 0.184. The molecule has 1 fully saturated rings. The molecule has 0 saturated carbocycles. The zero-order valence-corrected chi connectivity index (χ0v) is 15.9. The summed E-state index contributed by atoms with van der Waals surface area (Å²) in [6, 6.07) is 6.08. The van der Waals surface area contributed by atoms with E-state index in [1.54, 1.807) is 31.2 Å². The maximum absolute atomic E-state index is 12.6. The molecule has 1 aliphatic heterocycles. The summed E-state index contributed by atoms with van der Waals surface area (Å²) < 4.78 is 16.0. The van der Waals surface area contributed by atoms with Crippen LogP contribution in [0.15, 0.2) is 24.3 Å². The topological polar surface area (TPSA) is 94.2 Å². The zero-order chi connectivity index (χ0) is 19.8. The molecule has 8 heteroatoms. The van der Waals surface area contributed by atoms with E-state index >= 15 is 0 Å². The van der Waals surface area contributed by atoms with Gasteiger partial charge in [0.1, 0.15) is 6.04 Å². The highest BCUT2D eigenvalue weighted by molar-refractivity contribution is 5.92. The van der Waals surface area contributed by atoms with Gasteiger partial charge in [0.15, 0.2) is 18.1 Å². The lowest BCUT2D eigenvalue weighted by atomic mass is 10.1. The number of carbonyl (C=O) groups is 3. The quantitative estimate of drug-likeness (QED) is 0.682. The molecule has 0 spiro atoms. The molecule has 1 N–H and O–H groups in total. The second-order valence-electron chi connectivity index (χ2n) is 6.25. The van der Waals surface area contributed by atoms with Gasteiger partial charge in [-0.15, -0.1) is 0 Å². The summed E-state index contributed by atoms with van der Waals surface area (Å²) in [4.78, 5) is 38.3. The van der Waals surface area contributed by atoms with Gasteiger partial charge in [-0.05, 0) is 25.5 Å². The number of para-hydroxylation sites is 2. The molecule has 1 saturated heterocycles. The van der Waals surface area contributed by atoms with Crippen LogP contribution in [0.25, 0.3) is 0 Å². The van der Waals surface area contributed by atoms with Gasteiger partial charge in [-0.1, -0.05) is 19.1 Å². The molecule has 148 valence electrons. The molecule has 1 heterocycles. The van der Waals surface area contributed by atoms with E-state index in [4.69, 9.17) is 14.2 Å². The molecule has 2 amide bonds. The Morgan fingerprint density at radius 3 is 2.67 bits per heavy atom. The summed E-state index contributed by atoms with van der Waals surface area (Å²) >= 11 is 0. The lowest BCUT2D eigenvalue weighted by Crippen LogP contribution is -2.58. The number of benzene rings is 1. The first-order chi connectivity index (χ1) is 13.0. The van der Waals surface area contributed by atoms with Crippen molar-refractivity contribution in [3.8, 4) is 11.5 Å². The highest BCUT2D eigenvalue weighted by Gasteiger charge is 2.35. The number of ether oxygens (including phenoxy) is 3. The Hall–Kier alpha value is -2.77. The fourth-order valence-electron chi connectivity index (χ4n) is 2.69. The van der Waals surface area contributed by atoms with Crippen LogP contribution in [0.1, 0.15) is 26.7 Å². The van der Waals surface area contributed by atoms with Gasteiger partial charge < -0.3 is 24.4 Å². The standard InChI is InChI=1S/C19H26N2O6/c1-4-13(2)27-18(23)11-14-19(24)20-9-10-21(14)17(22)12-26-16-8-6-5-7-15(16)25-3/h5-8,13-14H,4,9-12H2,1-3H3,(H,20,24). The molecule has 0 radical (unpaired) electrons. The first-order valence-corrected chi connectivity index (χ1v) is 8.98. The molecular weight excluding hydrogens is 352 g/mol. The average Bonchev–Trinajstić information content (AvgIpc) is 2.67. The van der Waals surface area contributed by atoms with E-state index in [1.807, 2.05) is 6.92 Å². The van der Waals surface area contributed by atoms with Gasteiger partial charge in [0, 0.05) is 13.1 Å². The number of nitrogens with one attached hydrogen (secondary N) is 1. The predicted molar refractivity (Wildman–Crippen MR) is 97.5 cm³/mol. The van der Waals surface area contributed by atoms with Crippen LogP contribution in [0.4, 0.5) is 0 Å². The van der Waals surface area contributed by atoms with Crippen LogP contribution < -0.4 is 14.8 Å². The van der Waals surface area contributed by atoms with Gasteiger partial charge in [0.25, 0.3) is 5.91 Å². The Bertz CT molecular complexity index is 678. The third kappa shape index (κ3) is 5.60. The Kier molecular flexibility index (Phi) is 7.45. The molecule has 1 aromatic rings. The number of rotatable bonds is 8. The van der Waals surface area contributed by atoms with Crippen molar-refractivity contribution in [1.29, 1.82) is 0 Å². The molecular formula is C19H26N2O6. The average molecular weight is 378 g/mol. The summed E-state index contributed by atoms with van der Waals surface area (Å²) in [6.45, 7) is 4.06. The Morgan fingerprint density at radius 2 is 2.00 bits per heavy atom. The highest BCUT2D eigenvalue weighted by Crippen LogP contribution is 2.25. The molecule has 27 heavy (non-hydrogen) atoms. The molecule has 8 nitrogen and oxygen atoms in total. The second-order valence-corrected chi connectivity index (χ2v) is 6.25. The molecule has 2 unspecified atom stereocenters. The smallest absolute Gasteiger partial charge is 0.308 e. The number of esters is 1. The minimum atomic E-state index is -0.899. The molecule has 2 atom stereocenters. The van der Waals surface area contributed by atoms with Crippen LogP contribution in [-0.4, -0.2) is 61.6 Å². The summed E-state index contributed by atoms with van der Waals surface area (Å²) in [7, 11) is 1.51. The van der Waals surface area contributed by atoms with E-state index in [1.165, 1.54) is 12.0 Å². The maximum Gasteiger partial charge on any atom is 0.308 e. The fraction of sp³-hybridized carbons (Fsp3) is 0.526. The van der Waals surface area contributed by atoms with E-state index in [0.29, 0.717) is 31.0 Å². The van der Waals surface area contributed by atoms with Crippen molar-refractivity contribution in [2.75, 3.05) is 26.8 Å². The van der Waals surface area contributed by atoms with E-state index in [9.17, 15) is 14.4 Å². The molecule has 1 aromatic carbocycles. The summed E-state index contributed by atoms with van der Waals surface area (Å²) in [6.07, 6.45) is 0.261. The molecule has 1 aliphatic rings. The third-order valence-electron chi connectivity index (χ3n) is 4.34. The number of carbonyl (C=O) groups excluding carboxylic acids is 3. The lowest BCUT2D eigenvalue weighted by Gasteiger charge is -2.34. The monoisotopic (exact) mass is 378 g/mol. The molecule has 0 aromatic heterocycles. The predicted octanol–water partition coefficient (Wildman–Crippen LogP) is 1.13. The van der Waals surface area contributed by atoms with Crippen LogP contribution in [-0.2, 0) is 19.1 Å². The molecule has 0 aliphatic carbocycles. The van der Waals surface area contributed by atoms with Gasteiger partial charge in [0.05, 0.1) is 19.6 Å². The van der Waals surface area contributed by atoms with E-state index < -0.39 is 12.0 Å². The first-order valence-electron chi connectivity index (χ1n) is 8.98. The van der Waals surface area contributed by atoms with Crippen molar-refractivity contribution in [2.45, 2.75) is 38.8 Å². The number of hydrogen-bond donors (Lipinski definition) is 1. The van der Waals surface area contributed by atoms with Crippen LogP contribution in [0.5, 0.6) is 11.5 Å². The molecule has 2 rings (SSSR count). The normalized spacial score (nSPS) is 17.7. The van der Waals surface area contributed by atoms with E-state index in [0.717, 1.165) is 0 Å². The van der Waals surface area contributed by atoms with Crippen LogP contribution in [0.2, 0.25) is 0 Å². The van der Waals surface area contributed by atoms with Gasteiger partial charge in [-0.2, -0.15) is 0 Å². The van der Waals surface area contributed by atoms with Crippen molar-refractivity contribution in [3.05, 3.63) is 24.3 Å². The van der Waals surface area contributed by atoms with Crippen molar-refractivity contribution in [3.63, 3.8) is 0 Å². The van der Waals surface area contributed by atoms with Crippen LogP contribution in [0, 0.1) is 0 Å². The van der Waals surface area contributed by atoms with Gasteiger partial charge in [-0.25, -0.2) is 0 Å². The van der Waals surface area contributed by atoms with E-state index in [2.05, 4.69) is 5.32 Å². The highest BCUT2D eigenvalue weighted by atomic mass is 16.5. The minimum Gasteiger partial charge on any atom is -0.493 e. The third-order valence-corrected chi connectivity index (χ3v) is 4.34. The van der Waals surface area contributed by atoms with Gasteiger partial charge in [-0.3, -0.25) is 14.4 Å². The molecule has 0 bridgehead atoms. The summed E-state index contributed by atoms with van der Waals surface area (Å²) in [5, 5.41) is 2.68. The Labute approximate surface area is 158 Å². The Morgan fingerprint density at radius 1 is 1.30 bits per heavy atom. The second kappa shape index (κ2) is 9.80. The number of nitrogens with zero attached hydrogens (tertiary/aromatic N) is 1. The van der Waals surface area contributed by atoms with Gasteiger partial charge >= 0.3 is 5.97 Å². The lowest BCUT2D eigenvalue weighted by molar-refractivity contribution is -0.155. The number of hydrogen-bond acceptors (Lipinski definition) is 6. The number of amides is 2. The van der Waals surface area contributed by atoms with Crippen molar-refractivity contribution in [2.24, 2.45) is 0 Å². The fourth-order valence-corrected chi connectivity index (χ4v) is 2.69. The summed E-state index contributed by atoms with van der Waals surface area (Å²) in [5.74, 6) is -0.308.